The van der Waals surface area contributed by atoms with Crippen molar-refractivity contribution in [2.45, 2.75) is 29.1 Å². The Morgan fingerprint density at radius 3 is 2.08 bits per heavy atom. The Morgan fingerprint density at radius 1 is 1.00 bits per heavy atom. The van der Waals surface area contributed by atoms with E-state index >= 15 is 0 Å². The molecule has 1 aliphatic rings. The first-order valence-corrected chi connectivity index (χ1v) is 10.9. The molecule has 2 rings (SSSR count). The van der Waals surface area contributed by atoms with Crippen LogP contribution in [-0.4, -0.2) is 66.3 Å². The average Bonchev–Trinajstić information content (AvgIpc) is 3.07. The molecular weight excluding hydrogens is 350 g/mol. The van der Waals surface area contributed by atoms with Crippen LogP contribution in [0.3, 0.4) is 0 Å². The first kappa shape index (κ1) is 19.3. The fraction of sp³-hybridized carbons (Fsp3) is 0.600. The number of nitrogens with zero attached hydrogens (tertiary/aromatic N) is 2. The molecule has 0 saturated carbocycles. The third-order valence-electron chi connectivity index (χ3n) is 3.91. The molecule has 1 saturated heterocycles. The van der Waals surface area contributed by atoms with Gasteiger partial charge in [-0.1, -0.05) is 0 Å². The van der Waals surface area contributed by atoms with E-state index in [2.05, 4.69) is 4.72 Å². The molecule has 24 heavy (non-hydrogen) atoms. The molecule has 0 aromatic heterocycles. The lowest BCUT2D eigenvalue weighted by molar-refractivity contribution is 0.400. The van der Waals surface area contributed by atoms with E-state index in [9.17, 15) is 16.8 Å². The maximum absolute atomic E-state index is 12.4. The minimum absolute atomic E-state index is 0.0766. The molecule has 1 aromatic carbocycles. The summed E-state index contributed by atoms with van der Waals surface area (Å²) in [5, 5.41) is 0. The number of sulfonamides is 2. The molecule has 0 spiro atoms. The topological polar surface area (TPSA) is 86.8 Å². The van der Waals surface area contributed by atoms with Crippen LogP contribution in [0, 0.1) is 0 Å². The van der Waals surface area contributed by atoms with E-state index in [0.717, 1.165) is 19.4 Å². The van der Waals surface area contributed by atoms with Gasteiger partial charge in [0.25, 0.3) is 0 Å². The Balaban J connectivity index is 2.05. The molecule has 1 fully saturated rings. The Hall–Kier alpha value is -1.00. The minimum Gasteiger partial charge on any atom is -0.309 e. The minimum atomic E-state index is -3.62. The maximum atomic E-state index is 12.4. The lowest BCUT2D eigenvalue weighted by Gasteiger charge is -2.15. The number of benzene rings is 1. The summed E-state index contributed by atoms with van der Waals surface area (Å²) in [7, 11) is -3.29. The van der Waals surface area contributed by atoms with E-state index in [0.29, 0.717) is 26.1 Å². The van der Waals surface area contributed by atoms with Crippen molar-refractivity contribution in [2.75, 3.05) is 40.3 Å². The molecule has 0 amide bonds. The van der Waals surface area contributed by atoms with Gasteiger partial charge < -0.3 is 4.90 Å². The lowest BCUT2D eigenvalue weighted by atomic mass is 10.4. The number of nitrogens with one attached hydrogen (secondary N) is 1. The summed E-state index contributed by atoms with van der Waals surface area (Å²) in [5.41, 5.74) is 0. The Kier molecular flexibility index (Phi) is 6.38. The molecule has 0 aliphatic carbocycles. The zero-order chi connectivity index (χ0) is 17.8. The van der Waals surface area contributed by atoms with Crippen molar-refractivity contribution in [1.82, 2.24) is 13.9 Å². The van der Waals surface area contributed by atoms with E-state index < -0.39 is 20.0 Å². The van der Waals surface area contributed by atoms with Gasteiger partial charge in [-0.2, -0.15) is 4.31 Å². The van der Waals surface area contributed by atoms with Gasteiger partial charge in [-0.05, 0) is 64.2 Å². The van der Waals surface area contributed by atoms with Gasteiger partial charge in [0.05, 0.1) is 9.79 Å². The first-order valence-electron chi connectivity index (χ1n) is 7.98. The number of hydrogen-bond donors (Lipinski definition) is 1. The summed E-state index contributed by atoms with van der Waals surface area (Å²) in [6, 6.07) is 5.42. The summed E-state index contributed by atoms with van der Waals surface area (Å²) in [6.07, 6.45) is 2.43. The van der Waals surface area contributed by atoms with Gasteiger partial charge >= 0.3 is 0 Å². The highest BCUT2D eigenvalue weighted by molar-refractivity contribution is 7.89. The van der Waals surface area contributed by atoms with Crippen LogP contribution in [0.5, 0.6) is 0 Å². The second-order valence-electron chi connectivity index (χ2n) is 6.14. The summed E-state index contributed by atoms with van der Waals surface area (Å²) in [5.74, 6) is 0. The average molecular weight is 376 g/mol. The highest BCUT2D eigenvalue weighted by Crippen LogP contribution is 2.22. The van der Waals surface area contributed by atoms with Gasteiger partial charge in [0.2, 0.25) is 20.0 Å². The molecular formula is C15H25N3O4S2. The Labute approximate surface area is 144 Å². The predicted octanol–water partition coefficient (Wildman–Crippen LogP) is 0.701. The van der Waals surface area contributed by atoms with Crippen molar-refractivity contribution < 1.29 is 16.8 Å². The van der Waals surface area contributed by atoms with Crippen LogP contribution >= 0.6 is 0 Å². The summed E-state index contributed by atoms with van der Waals surface area (Å²) in [4.78, 5) is 2.19. The van der Waals surface area contributed by atoms with E-state index in [1.165, 1.54) is 28.6 Å². The van der Waals surface area contributed by atoms with Gasteiger partial charge in [0.15, 0.2) is 0 Å². The molecule has 1 heterocycles. The number of hydrogen-bond acceptors (Lipinski definition) is 5. The largest absolute Gasteiger partial charge is 0.309 e. The lowest BCUT2D eigenvalue weighted by Crippen LogP contribution is -2.28. The standard InChI is InChI=1S/C15H25N3O4S2/c1-17(2)11-5-10-16-23(19,20)14-6-8-15(9-7-14)24(21,22)18-12-3-4-13-18/h6-9,16H,3-5,10-13H2,1-2H3. The van der Waals surface area contributed by atoms with Crippen LogP contribution in [-0.2, 0) is 20.0 Å². The van der Waals surface area contributed by atoms with Crippen molar-refractivity contribution in [2.24, 2.45) is 0 Å². The zero-order valence-electron chi connectivity index (χ0n) is 14.1. The summed E-state index contributed by atoms with van der Waals surface area (Å²) in [6.45, 7) is 2.18. The normalized spacial score (nSPS) is 16.8. The monoisotopic (exact) mass is 375 g/mol. The fourth-order valence-electron chi connectivity index (χ4n) is 2.55. The Morgan fingerprint density at radius 2 is 1.54 bits per heavy atom. The second kappa shape index (κ2) is 7.92. The Bertz CT molecular complexity index is 737. The molecule has 1 N–H and O–H groups in total. The number of rotatable bonds is 8. The van der Waals surface area contributed by atoms with E-state index in [1.54, 1.807) is 0 Å². The van der Waals surface area contributed by atoms with Crippen LogP contribution in [0.1, 0.15) is 19.3 Å². The fourth-order valence-corrected chi connectivity index (χ4v) is 5.14. The van der Waals surface area contributed by atoms with Gasteiger partial charge in [-0.15, -0.1) is 0 Å². The predicted molar refractivity (Wildman–Crippen MR) is 92.8 cm³/mol. The zero-order valence-corrected chi connectivity index (χ0v) is 15.7. The van der Waals surface area contributed by atoms with Crippen molar-refractivity contribution in [3.05, 3.63) is 24.3 Å². The highest BCUT2D eigenvalue weighted by Gasteiger charge is 2.27. The van der Waals surface area contributed by atoms with Gasteiger partial charge in [0, 0.05) is 19.6 Å². The van der Waals surface area contributed by atoms with Crippen LogP contribution in [0.15, 0.2) is 34.1 Å². The first-order chi connectivity index (χ1) is 11.2. The molecule has 1 aromatic rings. The van der Waals surface area contributed by atoms with Crippen molar-refractivity contribution in [3.8, 4) is 0 Å². The van der Waals surface area contributed by atoms with E-state index in [-0.39, 0.29) is 9.79 Å². The van der Waals surface area contributed by atoms with Gasteiger partial charge in [-0.3, -0.25) is 0 Å². The molecule has 0 atom stereocenters. The van der Waals surface area contributed by atoms with Gasteiger partial charge in [0.1, 0.15) is 0 Å². The molecule has 0 bridgehead atoms. The van der Waals surface area contributed by atoms with Crippen LogP contribution < -0.4 is 4.72 Å². The molecule has 9 heteroatoms. The van der Waals surface area contributed by atoms with Crippen molar-refractivity contribution in [3.63, 3.8) is 0 Å². The quantitative estimate of drug-likeness (QED) is 0.676. The molecule has 7 nitrogen and oxygen atoms in total. The van der Waals surface area contributed by atoms with E-state index in [4.69, 9.17) is 0 Å². The van der Waals surface area contributed by atoms with E-state index in [1.807, 2.05) is 19.0 Å². The molecule has 0 radical (unpaired) electrons. The third-order valence-corrected chi connectivity index (χ3v) is 7.30. The van der Waals surface area contributed by atoms with Crippen LogP contribution in [0.2, 0.25) is 0 Å². The highest BCUT2D eigenvalue weighted by atomic mass is 32.2. The molecule has 136 valence electrons. The van der Waals surface area contributed by atoms with Gasteiger partial charge in [-0.25, -0.2) is 21.6 Å². The van der Waals surface area contributed by atoms with Crippen molar-refractivity contribution >= 4 is 20.0 Å². The molecule has 0 unspecified atom stereocenters. The molecule has 1 aliphatic heterocycles. The van der Waals surface area contributed by atoms with Crippen LogP contribution in [0.4, 0.5) is 0 Å². The van der Waals surface area contributed by atoms with Crippen LogP contribution in [0.25, 0.3) is 0 Å². The summed E-state index contributed by atoms with van der Waals surface area (Å²) >= 11 is 0. The smallest absolute Gasteiger partial charge is 0.243 e. The second-order valence-corrected chi connectivity index (χ2v) is 9.84. The maximum Gasteiger partial charge on any atom is 0.243 e. The summed E-state index contributed by atoms with van der Waals surface area (Å²) < 4.78 is 53.2. The SMILES string of the molecule is CN(C)CCCNS(=O)(=O)c1ccc(S(=O)(=O)N2CCCC2)cc1. The van der Waals surface area contributed by atoms with Crippen molar-refractivity contribution in [1.29, 1.82) is 0 Å². The third kappa shape index (κ3) is 4.76.